The molecule has 0 amide bonds. The van der Waals surface area contributed by atoms with Crippen molar-refractivity contribution in [2.45, 2.75) is 32.6 Å². The summed E-state index contributed by atoms with van der Waals surface area (Å²) < 4.78 is 0. The highest BCUT2D eigenvalue weighted by Gasteiger charge is 2.04. The van der Waals surface area contributed by atoms with Gasteiger partial charge < -0.3 is 11.1 Å². The first kappa shape index (κ1) is 16.3. The summed E-state index contributed by atoms with van der Waals surface area (Å²) in [7, 11) is 0. The predicted octanol–water partition coefficient (Wildman–Crippen LogP) is 3.96. The first-order valence-corrected chi connectivity index (χ1v) is 8.58. The van der Waals surface area contributed by atoms with Crippen LogP contribution in [-0.2, 0) is 0 Å². The van der Waals surface area contributed by atoms with Gasteiger partial charge in [0.1, 0.15) is 4.99 Å². The van der Waals surface area contributed by atoms with Crippen LogP contribution in [0.5, 0.6) is 0 Å². The molecule has 0 aromatic heterocycles. The van der Waals surface area contributed by atoms with Crippen molar-refractivity contribution in [3.05, 3.63) is 29.3 Å². The van der Waals surface area contributed by atoms with Crippen molar-refractivity contribution in [2.24, 2.45) is 5.73 Å². The van der Waals surface area contributed by atoms with Gasteiger partial charge in [0.15, 0.2) is 0 Å². The quantitative estimate of drug-likeness (QED) is 0.534. The van der Waals surface area contributed by atoms with Gasteiger partial charge in [-0.1, -0.05) is 36.7 Å². The molecule has 2 nitrogen and oxygen atoms in total. The Bertz CT molecular complexity index is 405. The predicted molar refractivity (Wildman–Crippen MR) is 92.4 cm³/mol. The first-order valence-electron chi connectivity index (χ1n) is 6.78. The molecule has 106 valence electrons. The van der Waals surface area contributed by atoms with Crippen LogP contribution in [0.1, 0.15) is 36.8 Å². The smallest absolute Gasteiger partial charge is 0.106 e. The van der Waals surface area contributed by atoms with E-state index in [1.165, 1.54) is 37.0 Å². The molecule has 0 bridgehead atoms. The number of benzene rings is 1. The number of hydrogen-bond acceptors (Lipinski definition) is 3. The van der Waals surface area contributed by atoms with E-state index >= 15 is 0 Å². The Labute approximate surface area is 126 Å². The Hall–Kier alpha value is -0.740. The molecule has 0 radical (unpaired) electrons. The molecule has 0 aliphatic heterocycles. The zero-order valence-electron chi connectivity index (χ0n) is 11.9. The topological polar surface area (TPSA) is 38.0 Å². The number of rotatable bonds is 9. The highest BCUT2D eigenvalue weighted by molar-refractivity contribution is 7.98. The Morgan fingerprint density at radius 2 is 2.00 bits per heavy atom. The summed E-state index contributed by atoms with van der Waals surface area (Å²) in [6, 6.07) is 6.20. The minimum absolute atomic E-state index is 0.464. The zero-order valence-corrected chi connectivity index (χ0v) is 13.5. The monoisotopic (exact) mass is 296 g/mol. The summed E-state index contributed by atoms with van der Waals surface area (Å²) in [4.78, 5) is 0.464. The van der Waals surface area contributed by atoms with Crippen molar-refractivity contribution < 1.29 is 0 Å². The number of hydrogen-bond donors (Lipinski definition) is 2. The van der Waals surface area contributed by atoms with E-state index in [1.807, 2.05) is 17.8 Å². The fraction of sp³-hybridized carbons (Fsp3) is 0.533. The second kappa shape index (κ2) is 9.21. The Morgan fingerprint density at radius 3 is 2.68 bits per heavy atom. The van der Waals surface area contributed by atoms with E-state index in [0.717, 1.165) is 17.8 Å². The highest BCUT2D eigenvalue weighted by Crippen LogP contribution is 2.17. The van der Waals surface area contributed by atoms with Gasteiger partial charge in [0, 0.05) is 17.8 Å². The molecule has 0 heterocycles. The number of anilines is 1. The van der Waals surface area contributed by atoms with Crippen molar-refractivity contribution in [2.75, 3.05) is 23.9 Å². The minimum atomic E-state index is 0.464. The molecule has 1 aromatic carbocycles. The van der Waals surface area contributed by atoms with Crippen molar-refractivity contribution in [1.29, 1.82) is 0 Å². The summed E-state index contributed by atoms with van der Waals surface area (Å²) in [6.45, 7) is 3.04. The van der Waals surface area contributed by atoms with E-state index in [-0.39, 0.29) is 0 Å². The average Bonchev–Trinajstić information content (AvgIpc) is 2.39. The third kappa shape index (κ3) is 6.30. The number of nitrogens with two attached hydrogens (primary N) is 1. The average molecular weight is 297 g/mol. The summed E-state index contributed by atoms with van der Waals surface area (Å²) in [5, 5.41) is 3.44. The van der Waals surface area contributed by atoms with Crippen LogP contribution in [0.25, 0.3) is 0 Å². The van der Waals surface area contributed by atoms with Crippen LogP contribution in [0.2, 0.25) is 0 Å². The van der Waals surface area contributed by atoms with E-state index in [4.69, 9.17) is 18.0 Å². The van der Waals surface area contributed by atoms with Gasteiger partial charge in [-0.3, -0.25) is 0 Å². The molecular formula is C15H24N2S2. The lowest BCUT2D eigenvalue weighted by molar-refractivity contribution is 0.689. The molecule has 0 fully saturated rings. The maximum Gasteiger partial charge on any atom is 0.106 e. The molecule has 19 heavy (non-hydrogen) atoms. The van der Waals surface area contributed by atoms with Gasteiger partial charge in [0.2, 0.25) is 0 Å². The van der Waals surface area contributed by atoms with Crippen molar-refractivity contribution >= 4 is 34.7 Å². The maximum atomic E-state index is 5.76. The molecule has 0 saturated heterocycles. The summed E-state index contributed by atoms with van der Waals surface area (Å²) >= 11 is 7.02. The van der Waals surface area contributed by atoms with E-state index in [2.05, 4.69) is 30.6 Å². The number of unbranched alkanes of at least 4 members (excludes halogenated alkanes) is 3. The highest BCUT2D eigenvalue weighted by atomic mass is 32.2. The van der Waals surface area contributed by atoms with Crippen molar-refractivity contribution in [3.8, 4) is 0 Å². The van der Waals surface area contributed by atoms with Crippen LogP contribution in [0.3, 0.4) is 0 Å². The molecule has 0 aliphatic rings. The van der Waals surface area contributed by atoms with Crippen LogP contribution in [0.15, 0.2) is 18.2 Å². The van der Waals surface area contributed by atoms with Gasteiger partial charge >= 0.3 is 0 Å². The van der Waals surface area contributed by atoms with E-state index in [0.29, 0.717) is 4.99 Å². The van der Waals surface area contributed by atoms with Crippen molar-refractivity contribution in [3.63, 3.8) is 0 Å². The summed E-state index contributed by atoms with van der Waals surface area (Å²) in [5.74, 6) is 1.27. The molecule has 4 heteroatoms. The first-order chi connectivity index (χ1) is 9.15. The number of thiocarbonyl (C=S) groups is 1. The zero-order chi connectivity index (χ0) is 14.1. The lowest BCUT2D eigenvalue weighted by Gasteiger charge is -2.12. The van der Waals surface area contributed by atoms with Gasteiger partial charge in [0.25, 0.3) is 0 Å². The molecular weight excluding hydrogens is 272 g/mol. The Kier molecular flexibility index (Phi) is 7.91. The lowest BCUT2D eigenvalue weighted by atomic mass is 10.1. The summed E-state index contributed by atoms with van der Waals surface area (Å²) in [5.41, 5.74) is 8.96. The van der Waals surface area contributed by atoms with Gasteiger partial charge in [-0.25, -0.2) is 0 Å². The standard InChI is InChI=1S/C15H24N2S2/c1-12-7-8-14(13(11-12)15(16)18)17-9-5-3-4-6-10-19-2/h7-8,11,17H,3-6,9-10H2,1-2H3,(H2,16,18). The third-order valence-electron chi connectivity index (χ3n) is 3.03. The normalized spacial score (nSPS) is 10.4. The minimum Gasteiger partial charge on any atom is -0.389 e. The van der Waals surface area contributed by atoms with Crippen LogP contribution in [0, 0.1) is 6.92 Å². The van der Waals surface area contributed by atoms with Gasteiger partial charge in [0.05, 0.1) is 0 Å². The van der Waals surface area contributed by atoms with Crippen LogP contribution in [0.4, 0.5) is 5.69 Å². The molecule has 1 aromatic rings. The van der Waals surface area contributed by atoms with Crippen LogP contribution >= 0.6 is 24.0 Å². The second-order valence-corrected chi connectivity index (χ2v) is 6.17. The van der Waals surface area contributed by atoms with Gasteiger partial charge in [-0.15, -0.1) is 0 Å². The van der Waals surface area contributed by atoms with E-state index in [1.54, 1.807) is 0 Å². The number of aryl methyl sites for hydroxylation is 1. The second-order valence-electron chi connectivity index (χ2n) is 4.75. The lowest BCUT2D eigenvalue weighted by Crippen LogP contribution is -2.14. The van der Waals surface area contributed by atoms with Gasteiger partial charge in [-0.05, 0) is 43.9 Å². The van der Waals surface area contributed by atoms with E-state index in [9.17, 15) is 0 Å². The fourth-order valence-electron chi connectivity index (χ4n) is 1.96. The van der Waals surface area contributed by atoms with Gasteiger partial charge in [-0.2, -0.15) is 11.8 Å². The molecule has 0 aliphatic carbocycles. The Morgan fingerprint density at radius 1 is 1.26 bits per heavy atom. The summed E-state index contributed by atoms with van der Waals surface area (Å²) in [6.07, 6.45) is 7.28. The molecule has 1 rings (SSSR count). The number of thioether (sulfide) groups is 1. The van der Waals surface area contributed by atoms with Crippen molar-refractivity contribution in [1.82, 2.24) is 0 Å². The van der Waals surface area contributed by atoms with E-state index < -0.39 is 0 Å². The molecule has 3 N–H and O–H groups in total. The molecule has 0 saturated carbocycles. The van der Waals surface area contributed by atoms with Crippen LogP contribution < -0.4 is 11.1 Å². The maximum absolute atomic E-state index is 5.76. The Balaban J connectivity index is 2.35. The molecule has 0 unspecified atom stereocenters. The SMILES string of the molecule is CSCCCCCCNc1ccc(C)cc1C(N)=S. The fourth-order valence-corrected chi connectivity index (χ4v) is 2.63. The number of nitrogens with one attached hydrogen (secondary N) is 1. The third-order valence-corrected chi connectivity index (χ3v) is 3.95. The van der Waals surface area contributed by atoms with Crippen LogP contribution in [-0.4, -0.2) is 23.5 Å². The largest absolute Gasteiger partial charge is 0.389 e. The molecule has 0 spiro atoms. The molecule has 0 atom stereocenters.